The standard InChI is InChI=1S/C49H40O4/c50-25-27-52-43-19-15-41(16-20-43)49(42-17-21-44(22-18-42)53-28-26-51)47-23-13-39(37-11-9-33-5-1-3-7-35(33)29-37)31-45(47)46-32-40(14-24-48(46)49)38-12-10-34-6-2-4-8-36(34)30-38/h1-24,29-32,45,47,50-51H,25-28H2. The molecular formula is C49H40O4. The van der Waals surface area contributed by atoms with E-state index in [9.17, 15) is 10.2 Å². The van der Waals surface area contributed by atoms with E-state index in [1.54, 1.807) is 0 Å². The number of allylic oxidation sites excluding steroid dienone is 4. The first kappa shape index (κ1) is 32.9. The SMILES string of the molecule is OCCOc1ccc(C2(c3ccc(OCCO)cc3)c3ccc(-c4ccc5ccccc5c4)cc3C3C=C(c4ccc5ccccc5c4)C=CC32)cc1. The van der Waals surface area contributed by atoms with Crippen LogP contribution in [0.4, 0.5) is 0 Å². The summed E-state index contributed by atoms with van der Waals surface area (Å²) in [6.45, 7) is 0.416. The van der Waals surface area contributed by atoms with Gasteiger partial charge in [0.15, 0.2) is 0 Å². The molecule has 2 N–H and O–H groups in total. The third-order valence-corrected chi connectivity index (χ3v) is 11.1. The predicted molar refractivity (Wildman–Crippen MR) is 215 cm³/mol. The molecule has 260 valence electrons. The van der Waals surface area contributed by atoms with Crippen LogP contribution in [0, 0.1) is 5.92 Å². The smallest absolute Gasteiger partial charge is 0.119 e. The first-order chi connectivity index (χ1) is 26.1. The Hall–Kier alpha value is -5.94. The average Bonchev–Trinajstić information content (AvgIpc) is 3.52. The molecule has 0 saturated heterocycles. The molecule has 7 aromatic rings. The van der Waals surface area contributed by atoms with E-state index in [4.69, 9.17) is 9.47 Å². The van der Waals surface area contributed by atoms with Crippen LogP contribution in [0.1, 0.15) is 33.7 Å². The summed E-state index contributed by atoms with van der Waals surface area (Å²) < 4.78 is 11.6. The van der Waals surface area contributed by atoms with Crippen molar-refractivity contribution in [1.82, 2.24) is 0 Å². The molecule has 0 amide bonds. The summed E-state index contributed by atoms with van der Waals surface area (Å²) in [4.78, 5) is 0. The normalized spacial score (nSPS) is 17.0. The number of hydrogen-bond donors (Lipinski definition) is 2. The van der Waals surface area contributed by atoms with Crippen LogP contribution in [0.2, 0.25) is 0 Å². The molecule has 0 heterocycles. The summed E-state index contributed by atoms with van der Waals surface area (Å²) in [6, 6.07) is 54.4. The second kappa shape index (κ2) is 13.9. The van der Waals surface area contributed by atoms with Crippen LogP contribution in [0.5, 0.6) is 11.5 Å². The monoisotopic (exact) mass is 692 g/mol. The molecule has 2 aliphatic rings. The number of rotatable bonds is 10. The lowest BCUT2D eigenvalue weighted by atomic mass is 9.62. The molecule has 0 radical (unpaired) electrons. The highest BCUT2D eigenvalue weighted by Gasteiger charge is 2.53. The lowest BCUT2D eigenvalue weighted by molar-refractivity contribution is 0.201. The van der Waals surface area contributed by atoms with Crippen molar-refractivity contribution in [2.75, 3.05) is 26.4 Å². The van der Waals surface area contributed by atoms with Crippen molar-refractivity contribution >= 4 is 27.1 Å². The molecule has 0 saturated carbocycles. The summed E-state index contributed by atoms with van der Waals surface area (Å²) in [5.74, 6) is 1.61. The summed E-state index contributed by atoms with van der Waals surface area (Å²) in [5, 5.41) is 23.7. The fourth-order valence-electron chi connectivity index (χ4n) is 8.68. The van der Waals surface area contributed by atoms with Crippen molar-refractivity contribution in [3.8, 4) is 22.6 Å². The fraction of sp³-hybridized carbons (Fsp3) is 0.143. The highest BCUT2D eigenvalue weighted by atomic mass is 16.5. The van der Waals surface area contributed by atoms with Gasteiger partial charge in [-0.05, 0) is 102 Å². The van der Waals surface area contributed by atoms with Crippen molar-refractivity contribution < 1.29 is 19.7 Å². The summed E-state index contributed by atoms with van der Waals surface area (Å²) in [7, 11) is 0. The molecule has 2 atom stereocenters. The summed E-state index contributed by atoms with van der Waals surface area (Å²) in [5.41, 5.74) is 9.19. The fourth-order valence-corrected chi connectivity index (χ4v) is 8.68. The second-order valence-corrected chi connectivity index (χ2v) is 14.0. The van der Waals surface area contributed by atoms with Gasteiger partial charge < -0.3 is 19.7 Å². The van der Waals surface area contributed by atoms with Crippen LogP contribution in [-0.4, -0.2) is 36.6 Å². The third-order valence-electron chi connectivity index (χ3n) is 11.1. The van der Waals surface area contributed by atoms with Gasteiger partial charge in [-0.15, -0.1) is 0 Å². The van der Waals surface area contributed by atoms with Gasteiger partial charge in [0.1, 0.15) is 24.7 Å². The van der Waals surface area contributed by atoms with Gasteiger partial charge in [-0.2, -0.15) is 0 Å². The van der Waals surface area contributed by atoms with Crippen molar-refractivity contribution in [3.05, 3.63) is 198 Å². The zero-order valence-electron chi connectivity index (χ0n) is 29.4. The molecule has 7 aromatic carbocycles. The van der Waals surface area contributed by atoms with E-state index in [0.29, 0.717) is 0 Å². The van der Waals surface area contributed by atoms with E-state index >= 15 is 0 Å². The quantitative estimate of drug-likeness (QED) is 0.150. The largest absolute Gasteiger partial charge is 0.491 e. The van der Waals surface area contributed by atoms with Gasteiger partial charge in [0.05, 0.1) is 18.6 Å². The minimum atomic E-state index is -0.533. The van der Waals surface area contributed by atoms with Gasteiger partial charge in [0, 0.05) is 11.8 Å². The maximum absolute atomic E-state index is 9.41. The van der Waals surface area contributed by atoms with Gasteiger partial charge >= 0.3 is 0 Å². The van der Waals surface area contributed by atoms with Gasteiger partial charge in [0.25, 0.3) is 0 Å². The molecule has 9 rings (SSSR count). The highest BCUT2D eigenvalue weighted by Crippen LogP contribution is 2.61. The Morgan fingerprint density at radius 1 is 0.509 bits per heavy atom. The Balaban J connectivity index is 1.25. The minimum absolute atomic E-state index is 0.0380. The zero-order valence-corrected chi connectivity index (χ0v) is 29.4. The number of aliphatic hydroxyl groups excluding tert-OH is 2. The molecule has 53 heavy (non-hydrogen) atoms. The van der Waals surface area contributed by atoms with Crippen molar-refractivity contribution in [1.29, 1.82) is 0 Å². The number of ether oxygens (including phenoxy) is 2. The second-order valence-electron chi connectivity index (χ2n) is 14.0. The Kier molecular flexibility index (Phi) is 8.63. The van der Waals surface area contributed by atoms with Crippen molar-refractivity contribution in [2.24, 2.45) is 5.92 Å². The van der Waals surface area contributed by atoms with E-state index in [2.05, 4.69) is 146 Å². The van der Waals surface area contributed by atoms with Gasteiger partial charge in [-0.3, -0.25) is 0 Å². The minimum Gasteiger partial charge on any atom is -0.491 e. The van der Waals surface area contributed by atoms with Crippen LogP contribution >= 0.6 is 0 Å². The number of benzene rings is 7. The molecule has 0 spiro atoms. The van der Waals surface area contributed by atoms with Gasteiger partial charge in [0.2, 0.25) is 0 Å². The third kappa shape index (κ3) is 5.81. The van der Waals surface area contributed by atoms with E-state index in [0.717, 1.165) is 22.6 Å². The predicted octanol–water partition coefficient (Wildman–Crippen LogP) is 10.1. The topological polar surface area (TPSA) is 58.9 Å². The lowest BCUT2D eigenvalue weighted by Gasteiger charge is -2.39. The lowest BCUT2D eigenvalue weighted by Crippen LogP contribution is -2.35. The molecule has 0 aromatic heterocycles. The molecule has 4 heteroatoms. The molecule has 0 aliphatic heterocycles. The van der Waals surface area contributed by atoms with Crippen LogP contribution < -0.4 is 9.47 Å². The highest BCUT2D eigenvalue weighted by molar-refractivity contribution is 5.90. The van der Waals surface area contributed by atoms with Crippen LogP contribution in [0.3, 0.4) is 0 Å². The molecule has 0 bridgehead atoms. The van der Waals surface area contributed by atoms with E-state index < -0.39 is 5.41 Å². The maximum Gasteiger partial charge on any atom is 0.119 e. The van der Waals surface area contributed by atoms with E-state index in [-0.39, 0.29) is 38.3 Å². The number of aliphatic hydroxyl groups is 2. The van der Waals surface area contributed by atoms with Crippen LogP contribution in [0.15, 0.2) is 170 Å². The Labute approximate surface area is 309 Å². The zero-order chi connectivity index (χ0) is 35.8. The first-order valence-corrected chi connectivity index (χ1v) is 18.4. The first-order valence-electron chi connectivity index (χ1n) is 18.4. The van der Waals surface area contributed by atoms with Gasteiger partial charge in [-0.25, -0.2) is 0 Å². The van der Waals surface area contributed by atoms with E-state index in [1.165, 1.54) is 54.9 Å². The van der Waals surface area contributed by atoms with Gasteiger partial charge in [-0.1, -0.05) is 133 Å². The summed E-state index contributed by atoms with van der Waals surface area (Å²) in [6.07, 6.45) is 7.22. The Morgan fingerprint density at radius 3 is 1.60 bits per heavy atom. The molecule has 2 unspecified atom stereocenters. The average molecular weight is 693 g/mol. The van der Waals surface area contributed by atoms with Crippen molar-refractivity contribution in [2.45, 2.75) is 11.3 Å². The Bertz CT molecular complexity index is 2440. The van der Waals surface area contributed by atoms with Crippen LogP contribution in [-0.2, 0) is 5.41 Å². The summed E-state index contributed by atoms with van der Waals surface area (Å²) >= 11 is 0. The van der Waals surface area contributed by atoms with Crippen LogP contribution in [0.25, 0.3) is 38.2 Å². The number of fused-ring (bicyclic) bond motifs is 5. The van der Waals surface area contributed by atoms with E-state index in [1.807, 2.05) is 24.3 Å². The maximum atomic E-state index is 9.41. The molecule has 2 aliphatic carbocycles. The van der Waals surface area contributed by atoms with Crippen molar-refractivity contribution in [3.63, 3.8) is 0 Å². The molecule has 4 nitrogen and oxygen atoms in total. The Morgan fingerprint density at radius 2 is 1.02 bits per heavy atom. The number of hydrogen-bond acceptors (Lipinski definition) is 4. The molecule has 0 fully saturated rings. The molecular weight excluding hydrogens is 653 g/mol.